The van der Waals surface area contributed by atoms with Crippen molar-refractivity contribution in [2.75, 3.05) is 30.7 Å². The predicted octanol–water partition coefficient (Wildman–Crippen LogP) is 5.36. The van der Waals surface area contributed by atoms with Gasteiger partial charge < -0.3 is 29.7 Å². The third-order valence-electron chi connectivity index (χ3n) is 7.68. The van der Waals surface area contributed by atoms with Gasteiger partial charge in [0.05, 0.1) is 31.1 Å². The number of nitrogens with zero attached hydrogens (tertiary/aromatic N) is 1. The third kappa shape index (κ3) is 4.85. The minimum Gasteiger partial charge on any atom is -0.496 e. The van der Waals surface area contributed by atoms with Gasteiger partial charge in [0.15, 0.2) is 17.3 Å². The Labute approximate surface area is 233 Å². The molecule has 0 radical (unpaired) electrons. The zero-order valence-corrected chi connectivity index (χ0v) is 23.0. The quantitative estimate of drug-likeness (QED) is 0.436. The Balaban J connectivity index is 1.39. The number of Topliss-reactive ketones (excluding diaryl/α,β-unsaturated/α-hetero) is 1. The lowest BCUT2D eigenvalue weighted by molar-refractivity contribution is -0.121. The lowest BCUT2D eigenvalue weighted by Gasteiger charge is -2.38. The molecule has 3 aromatic carbocycles. The van der Waals surface area contributed by atoms with E-state index in [1.165, 1.54) is 0 Å². The van der Waals surface area contributed by atoms with E-state index in [0.717, 1.165) is 34.6 Å². The molecule has 2 N–H and O–H groups in total. The molecule has 2 heterocycles. The molecular weight excluding hydrogens is 506 g/mol. The number of allylic oxidation sites excluding steroid dienone is 1. The maximum atomic E-state index is 13.9. The summed E-state index contributed by atoms with van der Waals surface area (Å²) in [7, 11) is 1.63. The highest BCUT2D eigenvalue weighted by atomic mass is 16.7. The number of carbonyl (C=O) groups excluding carboxylic acids is 2. The molecule has 3 aromatic rings. The number of anilines is 2. The summed E-state index contributed by atoms with van der Waals surface area (Å²) in [5, 5.41) is 6.64. The van der Waals surface area contributed by atoms with Crippen molar-refractivity contribution in [1.29, 1.82) is 0 Å². The van der Waals surface area contributed by atoms with Gasteiger partial charge >= 0.3 is 0 Å². The summed E-state index contributed by atoms with van der Waals surface area (Å²) < 4.78 is 16.7. The molecule has 206 valence electrons. The average molecular weight is 540 g/mol. The van der Waals surface area contributed by atoms with E-state index in [1.54, 1.807) is 7.11 Å². The summed E-state index contributed by atoms with van der Waals surface area (Å²) in [6, 6.07) is 20.8. The van der Waals surface area contributed by atoms with E-state index >= 15 is 0 Å². The van der Waals surface area contributed by atoms with Crippen molar-refractivity contribution < 1.29 is 23.8 Å². The number of fused-ring (bicyclic) bond motifs is 2. The number of nitrogens with one attached hydrogen (secondary N) is 2. The van der Waals surface area contributed by atoms with Gasteiger partial charge in [-0.3, -0.25) is 9.59 Å². The minimum absolute atomic E-state index is 0.0411. The third-order valence-corrected chi connectivity index (χ3v) is 7.68. The van der Waals surface area contributed by atoms with Crippen LogP contribution in [-0.4, -0.2) is 32.1 Å². The summed E-state index contributed by atoms with van der Waals surface area (Å²) in [5.41, 5.74) is 4.86. The van der Waals surface area contributed by atoms with E-state index in [1.807, 2.05) is 71.6 Å². The first-order chi connectivity index (χ1) is 19.3. The molecule has 0 saturated heterocycles. The first-order valence-corrected chi connectivity index (χ1v) is 13.5. The molecule has 1 amide bonds. The van der Waals surface area contributed by atoms with E-state index in [4.69, 9.17) is 14.2 Å². The number of hydrogen-bond acceptors (Lipinski definition) is 7. The standard InChI is InChI=1S/C32H33N3O5/c1-32(2)15-23-30(25(36)16-32)31(21-8-4-7-11-26(21)38-3)35(24-10-6-5-9-22(24)34-23)18-29(37)33-17-20-12-13-27-28(14-20)40-19-39-27/h4-14,31,34H,15-19H2,1-3H3,(H,33,37). The van der Waals surface area contributed by atoms with Crippen molar-refractivity contribution in [1.82, 2.24) is 5.32 Å². The Kier molecular flexibility index (Phi) is 6.62. The Morgan fingerprint density at radius 1 is 1.05 bits per heavy atom. The molecule has 0 bridgehead atoms. The van der Waals surface area contributed by atoms with Gasteiger partial charge in [-0.05, 0) is 47.7 Å². The Morgan fingerprint density at radius 2 is 1.82 bits per heavy atom. The molecule has 1 aliphatic carbocycles. The van der Waals surface area contributed by atoms with Crippen LogP contribution in [0.2, 0.25) is 0 Å². The van der Waals surface area contributed by atoms with Crippen LogP contribution in [0.5, 0.6) is 17.2 Å². The number of hydrogen-bond donors (Lipinski definition) is 2. The number of carbonyl (C=O) groups is 2. The van der Waals surface area contributed by atoms with Gasteiger partial charge in [-0.15, -0.1) is 0 Å². The molecule has 1 atom stereocenters. The molecule has 40 heavy (non-hydrogen) atoms. The Bertz CT molecular complexity index is 1510. The summed E-state index contributed by atoms with van der Waals surface area (Å²) >= 11 is 0. The van der Waals surface area contributed by atoms with Gasteiger partial charge in [0, 0.05) is 29.8 Å². The molecule has 0 spiro atoms. The molecule has 1 unspecified atom stereocenters. The van der Waals surface area contributed by atoms with Crippen molar-refractivity contribution in [3.8, 4) is 17.2 Å². The van der Waals surface area contributed by atoms with Crippen LogP contribution in [0.25, 0.3) is 0 Å². The maximum absolute atomic E-state index is 13.9. The fourth-order valence-corrected chi connectivity index (χ4v) is 5.91. The molecule has 2 aliphatic heterocycles. The van der Waals surface area contributed by atoms with Gasteiger partial charge in [0.1, 0.15) is 5.75 Å². The van der Waals surface area contributed by atoms with Crippen LogP contribution < -0.4 is 29.7 Å². The topological polar surface area (TPSA) is 89.1 Å². The van der Waals surface area contributed by atoms with Crippen LogP contribution in [0.4, 0.5) is 11.4 Å². The summed E-state index contributed by atoms with van der Waals surface area (Å²) in [6.07, 6.45) is 1.15. The van der Waals surface area contributed by atoms with Crippen LogP contribution in [-0.2, 0) is 16.1 Å². The van der Waals surface area contributed by atoms with Crippen LogP contribution in [0.1, 0.15) is 43.9 Å². The van der Waals surface area contributed by atoms with Crippen molar-refractivity contribution in [3.05, 3.63) is 89.1 Å². The first kappa shape index (κ1) is 25.8. The van der Waals surface area contributed by atoms with Gasteiger partial charge in [0.25, 0.3) is 0 Å². The van der Waals surface area contributed by atoms with E-state index in [9.17, 15) is 9.59 Å². The van der Waals surface area contributed by atoms with E-state index in [0.29, 0.717) is 35.8 Å². The van der Waals surface area contributed by atoms with Gasteiger partial charge in [-0.25, -0.2) is 0 Å². The Morgan fingerprint density at radius 3 is 2.67 bits per heavy atom. The van der Waals surface area contributed by atoms with Crippen LogP contribution in [0.15, 0.2) is 78.0 Å². The number of rotatable bonds is 6. The van der Waals surface area contributed by atoms with Crippen molar-refractivity contribution in [3.63, 3.8) is 0 Å². The van der Waals surface area contributed by atoms with Crippen LogP contribution in [0.3, 0.4) is 0 Å². The zero-order valence-electron chi connectivity index (χ0n) is 23.0. The van der Waals surface area contributed by atoms with Gasteiger partial charge in [0.2, 0.25) is 12.7 Å². The Hall–Kier alpha value is -4.46. The molecule has 0 saturated carbocycles. The average Bonchev–Trinajstić information content (AvgIpc) is 3.36. The van der Waals surface area contributed by atoms with Crippen molar-refractivity contribution >= 4 is 23.1 Å². The number of ether oxygens (including phenoxy) is 3. The second-order valence-corrected chi connectivity index (χ2v) is 11.2. The lowest BCUT2D eigenvalue weighted by Crippen LogP contribution is -2.42. The van der Waals surface area contributed by atoms with Gasteiger partial charge in [-0.2, -0.15) is 0 Å². The molecule has 8 nitrogen and oxygen atoms in total. The highest BCUT2D eigenvalue weighted by Gasteiger charge is 2.42. The molecule has 6 rings (SSSR count). The van der Waals surface area contributed by atoms with Crippen LogP contribution in [0, 0.1) is 5.41 Å². The maximum Gasteiger partial charge on any atom is 0.239 e. The van der Waals surface area contributed by atoms with E-state index in [-0.39, 0.29) is 30.4 Å². The summed E-state index contributed by atoms with van der Waals surface area (Å²) in [5.74, 6) is 1.96. The second kappa shape index (κ2) is 10.3. The fourth-order valence-electron chi connectivity index (χ4n) is 5.91. The number of amides is 1. The van der Waals surface area contributed by atoms with Crippen LogP contribution >= 0.6 is 0 Å². The van der Waals surface area contributed by atoms with Gasteiger partial charge in [-0.1, -0.05) is 50.2 Å². The van der Waals surface area contributed by atoms with Crippen molar-refractivity contribution in [2.45, 2.75) is 39.3 Å². The molecule has 0 aromatic heterocycles. The first-order valence-electron chi connectivity index (χ1n) is 13.5. The molecular formula is C32H33N3O5. The smallest absolute Gasteiger partial charge is 0.239 e. The highest BCUT2D eigenvalue weighted by Crippen LogP contribution is 2.49. The SMILES string of the molecule is COc1ccccc1C1C2=C(CC(C)(C)CC2=O)Nc2ccccc2N1CC(=O)NCc1ccc2c(c1)OCO2. The predicted molar refractivity (Wildman–Crippen MR) is 153 cm³/mol. The van der Waals surface area contributed by atoms with Crippen molar-refractivity contribution in [2.24, 2.45) is 5.41 Å². The largest absolute Gasteiger partial charge is 0.496 e. The number of ketones is 1. The molecule has 0 fully saturated rings. The number of benzene rings is 3. The monoisotopic (exact) mass is 539 g/mol. The minimum atomic E-state index is -0.512. The summed E-state index contributed by atoms with van der Waals surface area (Å²) in [4.78, 5) is 29.5. The summed E-state index contributed by atoms with van der Waals surface area (Å²) in [6.45, 7) is 4.81. The zero-order chi connectivity index (χ0) is 27.9. The number of methoxy groups -OCH3 is 1. The van der Waals surface area contributed by atoms with E-state index in [2.05, 4.69) is 24.5 Å². The molecule has 8 heteroatoms. The highest BCUT2D eigenvalue weighted by molar-refractivity contribution is 6.02. The fraction of sp³-hybridized carbons (Fsp3) is 0.312. The normalized spacial score (nSPS) is 18.8. The lowest BCUT2D eigenvalue weighted by atomic mass is 9.73. The van der Waals surface area contributed by atoms with E-state index < -0.39 is 6.04 Å². The molecule has 3 aliphatic rings. The number of para-hydroxylation sites is 3. The second-order valence-electron chi connectivity index (χ2n) is 11.2.